The van der Waals surface area contributed by atoms with Crippen LogP contribution in [0.15, 0.2) is 72.8 Å². The van der Waals surface area contributed by atoms with Crippen LogP contribution in [-0.2, 0) is 6.42 Å². The predicted octanol–water partition coefficient (Wildman–Crippen LogP) is 6.57. The summed E-state index contributed by atoms with van der Waals surface area (Å²) >= 11 is 17.8. The first-order valence-corrected chi connectivity index (χ1v) is 11.3. The third-order valence-corrected chi connectivity index (χ3v) is 5.95. The van der Waals surface area contributed by atoms with Crippen molar-refractivity contribution in [1.82, 2.24) is 4.90 Å². The van der Waals surface area contributed by atoms with Crippen LogP contribution in [-0.4, -0.2) is 37.6 Å². The molecule has 0 aromatic heterocycles. The molecule has 1 saturated heterocycles. The molecule has 1 fully saturated rings. The van der Waals surface area contributed by atoms with Crippen molar-refractivity contribution in [2.24, 2.45) is 0 Å². The van der Waals surface area contributed by atoms with Crippen molar-refractivity contribution >= 4 is 40.5 Å². The predicted molar refractivity (Wildman–Crippen MR) is 131 cm³/mol. The van der Waals surface area contributed by atoms with Gasteiger partial charge in [0.25, 0.3) is 0 Å². The molecule has 0 unspecified atom stereocenters. The third kappa shape index (κ3) is 7.45. The maximum atomic E-state index is 8.84. The van der Waals surface area contributed by atoms with E-state index in [2.05, 4.69) is 15.9 Å². The molecule has 31 heavy (non-hydrogen) atoms. The first-order valence-electron chi connectivity index (χ1n) is 10.2. The van der Waals surface area contributed by atoms with Gasteiger partial charge in [-0.25, -0.2) is 0 Å². The lowest BCUT2D eigenvalue weighted by molar-refractivity contribution is 0.261. The van der Waals surface area contributed by atoms with Crippen LogP contribution >= 0.6 is 34.8 Å². The van der Waals surface area contributed by atoms with Crippen molar-refractivity contribution < 1.29 is 0 Å². The van der Waals surface area contributed by atoms with Gasteiger partial charge < -0.3 is 4.90 Å². The molecule has 0 spiro atoms. The Morgan fingerprint density at radius 1 is 0.774 bits per heavy atom. The lowest BCUT2D eigenvalue weighted by Crippen LogP contribution is -2.47. The summed E-state index contributed by atoms with van der Waals surface area (Å²) < 4.78 is 0. The molecule has 3 nitrogen and oxygen atoms in total. The SMILES string of the molecule is Clc1ccccc1.N#Cc1ccc(CCN2CCN(c3ccc(Cl)cc3Cl)CC2)cc1. The Bertz CT molecular complexity index is 993. The van der Waals surface area contributed by atoms with Gasteiger partial charge in [-0.05, 0) is 54.4 Å². The lowest BCUT2D eigenvalue weighted by atomic mass is 10.1. The summed E-state index contributed by atoms with van der Waals surface area (Å²) in [5.41, 5.74) is 3.05. The molecule has 0 aliphatic carbocycles. The average Bonchev–Trinajstić information content (AvgIpc) is 2.79. The summed E-state index contributed by atoms with van der Waals surface area (Å²) in [6, 6.07) is 25.1. The number of benzene rings is 3. The second-order valence-corrected chi connectivity index (χ2v) is 8.56. The van der Waals surface area contributed by atoms with Gasteiger partial charge in [0.1, 0.15) is 0 Å². The Labute approximate surface area is 199 Å². The molecule has 1 aliphatic heterocycles. The second kappa shape index (κ2) is 12.0. The smallest absolute Gasteiger partial charge is 0.0991 e. The number of hydrogen-bond acceptors (Lipinski definition) is 3. The molecule has 0 N–H and O–H groups in total. The minimum atomic E-state index is 0.671. The van der Waals surface area contributed by atoms with Crippen LogP contribution in [0.2, 0.25) is 15.1 Å². The zero-order valence-electron chi connectivity index (χ0n) is 17.1. The normalized spacial score (nSPS) is 13.8. The van der Waals surface area contributed by atoms with E-state index >= 15 is 0 Å². The van der Waals surface area contributed by atoms with E-state index in [0.717, 1.165) is 49.9 Å². The number of halogens is 3. The van der Waals surface area contributed by atoms with Crippen LogP contribution < -0.4 is 4.90 Å². The molecular formula is C25H24Cl3N3. The zero-order valence-corrected chi connectivity index (χ0v) is 19.4. The minimum Gasteiger partial charge on any atom is -0.368 e. The molecule has 4 rings (SSSR count). The van der Waals surface area contributed by atoms with Gasteiger partial charge in [0.15, 0.2) is 0 Å². The van der Waals surface area contributed by atoms with E-state index < -0.39 is 0 Å². The van der Waals surface area contributed by atoms with E-state index in [1.165, 1.54) is 5.56 Å². The lowest BCUT2D eigenvalue weighted by Gasteiger charge is -2.36. The quantitative estimate of drug-likeness (QED) is 0.430. The molecule has 0 bridgehead atoms. The molecule has 1 aliphatic rings. The Morgan fingerprint density at radius 3 is 2.00 bits per heavy atom. The first-order chi connectivity index (χ1) is 15.0. The van der Waals surface area contributed by atoms with Gasteiger partial charge in [0.2, 0.25) is 0 Å². The molecule has 160 valence electrons. The first kappa shape index (κ1) is 23.4. The number of hydrogen-bond donors (Lipinski definition) is 0. The van der Waals surface area contributed by atoms with Gasteiger partial charge in [-0.1, -0.05) is 65.1 Å². The van der Waals surface area contributed by atoms with Crippen molar-refractivity contribution in [3.63, 3.8) is 0 Å². The fourth-order valence-corrected chi connectivity index (χ4v) is 4.07. The van der Waals surface area contributed by atoms with Crippen LogP contribution in [0, 0.1) is 11.3 Å². The van der Waals surface area contributed by atoms with E-state index in [9.17, 15) is 0 Å². The van der Waals surface area contributed by atoms with Crippen molar-refractivity contribution in [3.05, 3.63) is 99.0 Å². The number of nitriles is 1. The molecule has 0 amide bonds. The summed E-state index contributed by atoms with van der Waals surface area (Å²) in [5.74, 6) is 0. The van der Waals surface area contributed by atoms with Gasteiger partial charge in [-0.2, -0.15) is 5.26 Å². The molecule has 3 aromatic carbocycles. The van der Waals surface area contributed by atoms with Crippen molar-refractivity contribution in [2.75, 3.05) is 37.6 Å². The Kier molecular flexibility index (Phi) is 9.06. The standard InChI is InChI=1S/C19H19Cl2N3.C6H5Cl/c20-17-5-6-19(18(21)13-17)24-11-9-23(10-12-24)8-7-15-1-3-16(14-22)4-2-15;7-6-4-2-1-3-5-6/h1-6,13H,7-12H2;1-5H. The van der Waals surface area contributed by atoms with E-state index in [1.807, 2.05) is 66.7 Å². The highest BCUT2D eigenvalue weighted by Crippen LogP contribution is 2.29. The summed E-state index contributed by atoms with van der Waals surface area (Å²) in [4.78, 5) is 4.79. The van der Waals surface area contributed by atoms with Gasteiger partial charge >= 0.3 is 0 Å². The van der Waals surface area contributed by atoms with Crippen LogP contribution in [0.1, 0.15) is 11.1 Å². The highest BCUT2D eigenvalue weighted by molar-refractivity contribution is 6.36. The van der Waals surface area contributed by atoms with Gasteiger partial charge in [-0.15, -0.1) is 0 Å². The maximum absolute atomic E-state index is 8.84. The van der Waals surface area contributed by atoms with Gasteiger partial charge in [-0.3, -0.25) is 4.90 Å². The van der Waals surface area contributed by atoms with Gasteiger partial charge in [0, 0.05) is 42.8 Å². The number of nitrogens with zero attached hydrogens (tertiary/aromatic N) is 3. The minimum absolute atomic E-state index is 0.671. The topological polar surface area (TPSA) is 30.3 Å². The van der Waals surface area contributed by atoms with E-state index in [0.29, 0.717) is 15.6 Å². The van der Waals surface area contributed by atoms with Crippen molar-refractivity contribution in [2.45, 2.75) is 6.42 Å². The largest absolute Gasteiger partial charge is 0.368 e. The summed E-state index contributed by atoms with van der Waals surface area (Å²) in [7, 11) is 0. The Morgan fingerprint density at radius 2 is 1.45 bits per heavy atom. The number of anilines is 1. The molecular weight excluding hydrogens is 449 g/mol. The van der Waals surface area contributed by atoms with Crippen molar-refractivity contribution in [1.29, 1.82) is 5.26 Å². The second-order valence-electron chi connectivity index (χ2n) is 7.28. The Hall–Kier alpha value is -2.22. The number of rotatable bonds is 4. The molecule has 0 radical (unpaired) electrons. The van der Waals surface area contributed by atoms with Crippen LogP contribution in [0.5, 0.6) is 0 Å². The average molecular weight is 473 g/mol. The van der Waals surface area contributed by atoms with Crippen LogP contribution in [0.4, 0.5) is 5.69 Å². The number of piperazine rings is 1. The van der Waals surface area contributed by atoms with E-state index in [-0.39, 0.29) is 0 Å². The highest BCUT2D eigenvalue weighted by Gasteiger charge is 2.18. The fraction of sp³-hybridized carbons (Fsp3) is 0.240. The summed E-state index contributed by atoms with van der Waals surface area (Å²) in [6.45, 7) is 5.02. The summed E-state index contributed by atoms with van der Waals surface area (Å²) in [6.07, 6.45) is 1.01. The fourth-order valence-electron chi connectivity index (χ4n) is 3.40. The molecule has 0 atom stereocenters. The highest BCUT2D eigenvalue weighted by atomic mass is 35.5. The van der Waals surface area contributed by atoms with Crippen LogP contribution in [0.25, 0.3) is 0 Å². The van der Waals surface area contributed by atoms with Crippen LogP contribution in [0.3, 0.4) is 0 Å². The summed E-state index contributed by atoms with van der Waals surface area (Å²) in [5, 5.41) is 11.0. The zero-order chi connectivity index (χ0) is 22.1. The third-order valence-electron chi connectivity index (χ3n) is 5.16. The maximum Gasteiger partial charge on any atom is 0.0991 e. The Balaban J connectivity index is 0.000000330. The monoisotopic (exact) mass is 471 g/mol. The molecule has 3 aromatic rings. The molecule has 1 heterocycles. The molecule has 6 heteroatoms. The van der Waals surface area contributed by atoms with Crippen molar-refractivity contribution in [3.8, 4) is 6.07 Å². The van der Waals surface area contributed by atoms with E-state index in [4.69, 9.17) is 40.1 Å². The van der Waals surface area contributed by atoms with E-state index in [1.54, 1.807) is 6.07 Å². The van der Waals surface area contributed by atoms with Gasteiger partial charge in [0.05, 0.1) is 22.3 Å². The molecule has 0 saturated carbocycles.